The van der Waals surface area contributed by atoms with Gasteiger partial charge in [0.2, 0.25) is 0 Å². The van der Waals surface area contributed by atoms with Crippen LogP contribution >= 0.6 is 22.9 Å². The number of nitrogens with zero attached hydrogens (tertiary/aromatic N) is 2. The molecular weight excluding hydrogens is 392 g/mol. The Morgan fingerprint density at radius 2 is 1.89 bits per heavy atom. The normalized spacial score (nSPS) is 23.8. The SMILES string of the molecule is Clc1ccc2nc(OC3CN4CCC3CC4)sc2c1.O=C(O)/C=C/C(=O)O. The fourth-order valence-corrected chi connectivity index (χ4v) is 4.39. The predicted octanol–water partition coefficient (Wildman–Crippen LogP) is 3.13. The van der Waals surface area contributed by atoms with Crippen molar-refractivity contribution in [3.05, 3.63) is 35.4 Å². The summed E-state index contributed by atoms with van der Waals surface area (Å²) >= 11 is 7.60. The van der Waals surface area contributed by atoms with Gasteiger partial charge in [0.1, 0.15) is 6.10 Å². The molecular formula is C18H19ClN2O5S. The zero-order chi connectivity index (χ0) is 19.4. The summed E-state index contributed by atoms with van der Waals surface area (Å²) in [5, 5.41) is 17.2. The summed E-state index contributed by atoms with van der Waals surface area (Å²) in [4.78, 5) is 26.2. The Labute approximate surface area is 164 Å². The summed E-state index contributed by atoms with van der Waals surface area (Å²) in [5.74, 6) is -1.81. The minimum atomic E-state index is -1.26. The van der Waals surface area contributed by atoms with Crippen LogP contribution in [-0.2, 0) is 9.59 Å². The first-order chi connectivity index (χ1) is 12.9. The number of halogens is 1. The van der Waals surface area contributed by atoms with Crippen LogP contribution in [-0.4, -0.2) is 57.8 Å². The summed E-state index contributed by atoms with van der Waals surface area (Å²) in [6, 6.07) is 5.79. The van der Waals surface area contributed by atoms with Gasteiger partial charge < -0.3 is 14.9 Å². The topological polar surface area (TPSA) is 100.0 Å². The molecule has 1 aromatic heterocycles. The molecule has 3 aliphatic rings. The lowest BCUT2D eigenvalue weighted by molar-refractivity contribution is -0.134. The van der Waals surface area contributed by atoms with Gasteiger partial charge in [-0.25, -0.2) is 14.6 Å². The molecule has 9 heteroatoms. The van der Waals surface area contributed by atoms with Crippen molar-refractivity contribution in [2.24, 2.45) is 5.92 Å². The van der Waals surface area contributed by atoms with Crippen molar-refractivity contribution >= 4 is 45.1 Å². The van der Waals surface area contributed by atoms with Crippen LogP contribution in [0.2, 0.25) is 5.02 Å². The van der Waals surface area contributed by atoms with Crippen LogP contribution < -0.4 is 4.74 Å². The lowest BCUT2D eigenvalue weighted by atomic mass is 9.86. The van der Waals surface area contributed by atoms with E-state index in [1.807, 2.05) is 18.2 Å². The van der Waals surface area contributed by atoms with Crippen LogP contribution in [0.15, 0.2) is 30.4 Å². The molecule has 0 aliphatic carbocycles. The molecule has 1 atom stereocenters. The van der Waals surface area contributed by atoms with Gasteiger partial charge in [-0.3, -0.25) is 4.90 Å². The Hall–Kier alpha value is -2.16. The standard InChI is InChI=1S/C14H15ClN2OS.C4H4O4/c15-10-1-2-11-13(7-10)19-14(16-11)18-12-8-17-5-3-9(12)4-6-17;5-3(6)1-2-4(7)8/h1-2,7,9,12H,3-6,8H2;1-2H,(H,5,6)(H,7,8)/b;2-1+. The van der Waals surface area contributed by atoms with Gasteiger partial charge in [0.05, 0.1) is 10.2 Å². The second kappa shape index (κ2) is 8.69. The highest BCUT2D eigenvalue weighted by Crippen LogP contribution is 2.34. The Morgan fingerprint density at radius 1 is 1.22 bits per heavy atom. The number of carboxylic acid groups (broad SMARTS) is 2. The van der Waals surface area contributed by atoms with Gasteiger partial charge in [0.15, 0.2) is 0 Å². The molecule has 144 valence electrons. The van der Waals surface area contributed by atoms with Gasteiger partial charge in [-0.15, -0.1) is 0 Å². The minimum absolute atomic E-state index is 0.318. The number of aliphatic carboxylic acids is 2. The van der Waals surface area contributed by atoms with E-state index in [1.54, 1.807) is 11.3 Å². The van der Waals surface area contributed by atoms with Gasteiger partial charge in [0.25, 0.3) is 5.19 Å². The zero-order valence-electron chi connectivity index (χ0n) is 14.4. The molecule has 2 N–H and O–H groups in total. The van der Waals surface area contributed by atoms with Crippen LogP contribution in [0.3, 0.4) is 0 Å². The number of rotatable bonds is 4. The van der Waals surface area contributed by atoms with Gasteiger partial charge in [-0.05, 0) is 50.0 Å². The maximum Gasteiger partial charge on any atom is 0.328 e. The lowest BCUT2D eigenvalue weighted by Gasteiger charge is -2.43. The highest BCUT2D eigenvalue weighted by Gasteiger charge is 2.36. The van der Waals surface area contributed by atoms with Gasteiger partial charge >= 0.3 is 11.9 Å². The molecule has 1 unspecified atom stereocenters. The third kappa shape index (κ3) is 5.41. The molecule has 3 saturated heterocycles. The summed E-state index contributed by atoms with van der Waals surface area (Å²) in [6.45, 7) is 3.53. The van der Waals surface area contributed by atoms with Crippen molar-refractivity contribution in [1.82, 2.24) is 9.88 Å². The van der Waals surface area contributed by atoms with Crippen molar-refractivity contribution in [2.45, 2.75) is 18.9 Å². The average Bonchev–Trinajstić information content (AvgIpc) is 3.03. The third-order valence-corrected chi connectivity index (χ3v) is 5.69. The van der Waals surface area contributed by atoms with Crippen molar-refractivity contribution in [1.29, 1.82) is 0 Å². The first-order valence-corrected chi connectivity index (χ1v) is 9.69. The van der Waals surface area contributed by atoms with Crippen LogP contribution in [0, 0.1) is 5.92 Å². The number of carbonyl (C=O) groups is 2. The molecule has 3 fully saturated rings. The summed E-state index contributed by atoms with van der Waals surface area (Å²) in [5.41, 5.74) is 0.977. The van der Waals surface area contributed by atoms with E-state index in [0.717, 1.165) is 27.0 Å². The number of ether oxygens (including phenoxy) is 1. The van der Waals surface area contributed by atoms with E-state index in [0.29, 0.717) is 24.2 Å². The van der Waals surface area contributed by atoms with Crippen molar-refractivity contribution in [3.63, 3.8) is 0 Å². The molecule has 2 aromatic rings. The van der Waals surface area contributed by atoms with E-state index in [1.165, 1.54) is 25.9 Å². The number of carboxylic acids is 2. The number of fused-ring (bicyclic) bond motifs is 4. The molecule has 5 rings (SSSR count). The van der Waals surface area contributed by atoms with Gasteiger partial charge in [0, 0.05) is 23.7 Å². The fourth-order valence-electron chi connectivity index (χ4n) is 3.24. The van der Waals surface area contributed by atoms with E-state index in [4.69, 9.17) is 26.6 Å². The molecule has 0 saturated carbocycles. The number of thiazole rings is 1. The molecule has 2 bridgehead atoms. The molecule has 0 amide bonds. The predicted molar refractivity (Wildman–Crippen MR) is 103 cm³/mol. The first-order valence-electron chi connectivity index (χ1n) is 8.50. The number of benzene rings is 1. The second-order valence-electron chi connectivity index (χ2n) is 6.40. The van der Waals surface area contributed by atoms with E-state index in [2.05, 4.69) is 9.88 Å². The smallest absolute Gasteiger partial charge is 0.328 e. The summed E-state index contributed by atoms with van der Waals surface area (Å²) < 4.78 is 7.24. The first kappa shape index (κ1) is 19.6. The molecule has 7 nitrogen and oxygen atoms in total. The van der Waals surface area contributed by atoms with E-state index < -0.39 is 11.9 Å². The van der Waals surface area contributed by atoms with Crippen LogP contribution in [0.1, 0.15) is 12.8 Å². The minimum Gasteiger partial charge on any atom is -0.478 e. The molecule has 0 spiro atoms. The van der Waals surface area contributed by atoms with E-state index in [-0.39, 0.29) is 0 Å². The van der Waals surface area contributed by atoms with Crippen molar-refractivity contribution < 1.29 is 24.5 Å². The maximum atomic E-state index is 9.55. The molecule has 4 heterocycles. The zero-order valence-corrected chi connectivity index (χ0v) is 15.9. The quantitative estimate of drug-likeness (QED) is 0.747. The number of aromatic nitrogens is 1. The molecule has 0 radical (unpaired) electrons. The van der Waals surface area contributed by atoms with Gasteiger partial charge in [-0.2, -0.15) is 0 Å². The Kier molecular flexibility index (Phi) is 6.30. The number of hydrogen-bond donors (Lipinski definition) is 2. The van der Waals surface area contributed by atoms with Crippen molar-refractivity contribution in [2.75, 3.05) is 19.6 Å². The largest absolute Gasteiger partial charge is 0.478 e. The monoisotopic (exact) mass is 410 g/mol. The second-order valence-corrected chi connectivity index (χ2v) is 7.83. The fraction of sp³-hybridized carbons (Fsp3) is 0.389. The highest BCUT2D eigenvalue weighted by molar-refractivity contribution is 7.20. The summed E-state index contributed by atoms with van der Waals surface area (Å²) in [6.07, 6.45) is 3.96. The van der Waals surface area contributed by atoms with E-state index in [9.17, 15) is 9.59 Å². The maximum absolute atomic E-state index is 9.55. The Bertz CT molecular complexity index is 845. The summed E-state index contributed by atoms with van der Waals surface area (Å²) in [7, 11) is 0. The van der Waals surface area contributed by atoms with Crippen LogP contribution in [0.4, 0.5) is 0 Å². The highest BCUT2D eigenvalue weighted by atomic mass is 35.5. The number of piperidine rings is 3. The van der Waals surface area contributed by atoms with Gasteiger partial charge in [-0.1, -0.05) is 22.9 Å². The number of hydrogen-bond acceptors (Lipinski definition) is 6. The Morgan fingerprint density at radius 3 is 2.44 bits per heavy atom. The lowest BCUT2D eigenvalue weighted by Crippen LogP contribution is -2.52. The van der Waals surface area contributed by atoms with Crippen LogP contribution in [0.5, 0.6) is 5.19 Å². The van der Waals surface area contributed by atoms with E-state index >= 15 is 0 Å². The third-order valence-electron chi connectivity index (χ3n) is 4.55. The van der Waals surface area contributed by atoms with Crippen LogP contribution in [0.25, 0.3) is 10.2 Å². The Balaban J connectivity index is 0.000000226. The average molecular weight is 411 g/mol. The molecule has 27 heavy (non-hydrogen) atoms. The molecule has 1 aromatic carbocycles. The van der Waals surface area contributed by atoms with Crippen molar-refractivity contribution in [3.8, 4) is 5.19 Å². The molecule has 3 aliphatic heterocycles.